The van der Waals surface area contributed by atoms with Crippen LogP contribution in [0.3, 0.4) is 0 Å². The first-order valence-corrected chi connectivity index (χ1v) is 6.54. The van der Waals surface area contributed by atoms with Crippen LogP contribution in [0.4, 0.5) is 0 Å². The highest BCUT2D eigenvalue weighted by atomic mass is 15.0. The van der Waals surface area contributed by atoms with E-state index in [1.807, 2.05) is 30.3 Å². The van der Waals surface area contributed by atoms with E-state index in [9.17, 15) is 0 Å². The molecule has 0 amide bonds. The number of hydrogen-bond donors (Lipinski definition) is 4. The van der Waals surface area contributed by atoms with Crippen LogP contribution in [0, 0.1) is 0 Å². The fourth-order valence-corrected chi connectivity index (χ4v) is 2.39. The number of para-hydroxylation sites is 1. The van der Waals surface area contributed by atoms with Gasteiger partial charge < -0.3 is 22.2 Å². The van der Waals surface area contributed by atoms with Crippen LogP contribution < -0.4 is 17.2 Å². The normalized spacial score (nSPS) is 16.2. The van der Waals surface area contributed by atoms with E-state index in [0.29, 0.717) is 17.9 Å². The molecule has 0 atom stereocenters. The average molecular weight is 280 g/mol. The van der Waals surface area contributed by atoms with Crippen molar-refractivity contribution in [1.29, 1.82) is 0 Å². The van der Waals surface area contributed by atoms with Gasteiger partial charge in [0.25, 0.3) is 0 Å². The quantitative estimate of drug-likeness (QED) is 0.492. The zero-order valence-corrected chi connectivity index (χ0v) is 11.4. The van der Waals surface area contributed by atoms with Crippen LogP contribution in [0.2, 0.25) is 0 Å². The molecule has 0 saturated heterocycles. The summed E-state index contributed by atoms with van der Waals surface area (Å²) in [5.74, 6) is 0.639. The molecule has 6 nitrogen and oxygen atoms in total. The molecule has 1 aliphatic rings. The summed E-state index contributed by atoms with van der Waals surface area (Å²) in [7, 11) is 0. The van der Waals surface area contributed by atoms with Crippen LogP contribution in [-0.4, -0.2) is 17.2 Å². The Hall–Kier alpha value is -3.02. The van der Waals surface area contributed by atoms with Crippen LogP contribution in [0.15, 0.2) is 57.9 Å². The second kappa shape index (κ2) is 5.16. The molecule has 0 saturated carbocycles. The maximum absolute atomic E-state index is 5.97. The van der Waals surface area contributed by atoms with Crippen molar-refractivity contribution in [2.75, 3.05) is 0 Å². The van der Waals surface area contributed by atoms with E-state index in [2.05, 4.69) is 21.0 Å². The molecular weight excluding hydrogens is 264 g/mol. The number of benzene rings is 1. The summed E-state index contributed by atoms with van der Waals surface area (Å²) in [4.78, 5) is 11.6. The predicted molar refractivity (Wildman–Crippen MR) is 86.4 cm³/mol. The van der Waals surface area contributed by atoms with Crippen molar-refractivity contribution in [1.82, 2.24) is 4.98 Å². The van der Waals surface area contributed by atoms with E-state index in [-0.39, 0.29) is 5.84 Å². The zero-order valence-electron chi connectivity index (χ0n) is 11.4. The maximum Gasteiger partial charge on any atom is 0.152 e. The Labute approximate surface area is 121 Å². The highest BCUT2D eigenvalue weighted by Gasteiger charge is 2.16. The van der Waals surface area contributed by atoms with Gasteiger partial charge in [0.1, 0.15) is 11.5 Å². The van der Waals surface area contributed by atoms with E-state index in [0.717, 1.165) is 22.2 Å². The van der Waals surface area contributed by atoms with Crippen molar-refractivity contribution in [2.24, 2.45) is 27.2 Å². The Balaban J connectivity index is 2.20. The zero-order chi connectivity index (χ0) is 14.8. The molecule has 7 N–H and O–H groups in total. The summed E-state index contributed by atoms with van der Waals surface area (Å²) in [6.45, 7) is 0. The SMILES string of the molecule is NC=NC1=C(c2cc3ccccc3[nH]2)CC=C(N)N=C1N. The fraction of sp³-hybridized carbons (Fsp3) is 0.0667. The summed E-state index contributed by atoms with van der Waals surface area (Å²) in [6.07, 6.45) is 3.60. The third-order valence-electron chi connectivity index (χ3n) is 3.35. The van der Waals surface area contributed by atoms with Gasteiger partial charge in [-0.1, -0.05) is 18.2 Å². The predicted octanol–water partition coefficient (Wildman–Crippen LogP) is 1.43. The van der Waals surface area contributed by atoms with Crippen LogP contribution in [0.25, 0.3) is 16.5 Å². The second-order valence-electron chi connectivity index (χ2n) is 4.71. The molecular formula is C15H16N6. The van der Waals surface area contributed by atoms with Gasteiger partial charge in [-0.2, -0.15) is 0 Å². The molecule has 0 aliphatic carbocycles. The standard InChI is InChI=1S/C15H16N6/c16-8-19-14-10(5-6-13(17)21-15(14)18)12-7-9-3-1-2-4-11(9)20-12/h1-4,6-8,20H,5,17H2,(H2,16,19)(H2,18,21). The second-order valence-corrected chi connectivity index (χ2v) is 4.71. The Morgan fingerprint density at radius 3 is 2.81 bits per heavy atom. The summed E-state index contributed by atoms with van der Waals surface area (Å²) in [5, 5.41) is 1.12. The Morgan fingerprint density at radius 2 is 2.05 bits per heavy atom. The van der Waals surface area contributed by atoms with E-state index in [1.54, 1.807) is 0 Å². The van der Waals surface area contributed by atoms with E-state index in [1.165, 1.54) is 6.34 Å². The van der Waals surface area contributed by atoms with E-state index < -0.39 is 0 Å². The van der Waals surface area contributed by atoms with Gasteiger partial charge >= 0.3 is 0 Å². The van der Waals surface area contributed by atoms with E-state index >= 15 is 0 Å². The third kappa shape index (κ3) is 2.38. The number of aliphatic imine (C=N–C) groups is 2. The average Bonchev–Trinajstić information content (AvgIpc) is 2.83. The van der Waals surface area contributed by atoms with Gasteiger partial charge in [-0.15, -0.1) is 0 Å². The number of hydrogen-bond acceptors (Lipinski definition) is 4. The first-order chi connectivity index (χ1) is 10.2. The van der Waals surface area contributed by atoms with Gasteiger partial charge in [-0.05, 0) is 30.0 Å². The maximum atomic E-state index is 5.97. The largest absolute Gasteiger partial charge is 0.390 e. The van der Waals surface area contributed by atoms with Gasteiger partial charge in [0.05, 0.1) is 6.34 Å². The molecule has 1 aliphatic heterocycles. The van der Waals surface area contributed by atoms with Crippen molar-refractivity contribution >= 4 is 28.7 Å². The molecule has 2 aromatic rings. The van der Waals surface area contributed by atoms with Gasteiger partial charge in [0.2, 0.25) is 0 Å². The Kier molecular flexibility index (Phi) is 3.19. The highest BCUT2D eigenvalue weighted by molar-refractivity contribution is 6.06. The molecule has 3 rings (SSSR count). The number of allylic oxidation sites excluding steroid dienone is 2. The lowest BCUT2D eigenvalue weighted by molar-refractivity contribution is 1.20. The van der Waals surface area contributed by atoms with Crippen molar-refractivity contribution in [2.45, 2.75) is 6.42 Å². The summed E-state index contributed by atoms with van der Waals surface area (Å²) in [5.41, 5.74) is 20.6. The number of nitrogens with one attached hydrogen (secondary N) is 1. The number of aromatic amines is 1. The van der Waals surface area contributed by atoms with Gasteiger partial charge in [0.15, 0.2) is 5.84 Å². The molecule has 0 radical (unpaired) electrons. The van der Waals surface area contributed by atoms with Crippen molar-refractivity contribution < 1.29 is 0 Å². The van der Waals surface area contributed by atoms with Crippen LogP contribution in [0.1, 0.15) is 12.1 Å². The lowest BCUT2D eigenvalue weighted by Gasteiger charge is -2.06. The summed E-state index contributed by atoms with van der Waals surface area (Å²) >= 11 is 0. The number of rotatable bonds is 2. The van der Waals surface area contributed by atoms with Crippen molar-refractivity contribution in [3.63, 3.8) is 0 Å². The molecule has 2 heterocycles. The van der Waals surface area contributed by atoms with Crippen molar-refractivity contribution in [3.8, 4) is 0 Å². The lowest BCUT2D eigenvalue weighted by atomic mass is 10.1. The highest BCUT2D eigenvalue weighted by Crippen LogP contribution is 2.28. The van der Waals surface area contributed by atoms with Gasteiger partial charge in [0, 0.05) is 16.8 Å². The number of H-pyrrole nitrogens is 1. The number of fused-ring (bicyclic) bond motifs is 1. The molecule has 6 heteroatoms. The minimum atomic E-state index is 0.261. The monoisotopic (exact) mass is 280 g/mol. The van der Waals surface area contributed by atoms with E-state index in [4.69, 9.17) is 17.2 Å². The topological polar surface area (TPSA) is 119 Å². The van der Waals surface area contributed by atoms with Gasteiger partial charge in [-0.3, -0.25) is 0 Å². The molecule has 1 aromatic heterocycles. The number of aromatic nitrogens is 1. The smallest absolute Gasteiger partial charge is 0.152 e. The Morgan fingerprint density at radius 1 is 1.24 bits per heavy atom. The summed E-state index contributed by atoms with van der Waals surface area (Å²) in [6, 6.07) is 10.1. The molecule has 0 unspecified atom stereocenters. The van der Waals surface area contributed by atoms with Crippen molar-refractivity contribution in [3.05, 3.63) is 53.6 Å². The molecule has 106 valence electrons. The van der Waals surface area contributed by atoms with Crippen LogP contribution >= 0.6 is 0 Å². The van der Waals surface area contributed by atoms with Gasteiger partial charge in [-0.25, -0.2) is 9.98 Å². The molecule has 1 aromatic carbocycles. The molecule has 0 fully saturated rings. The number of nitrogens with two attached hydrogens (primary N) is 3. The Bertz CT molecular complexity index is 773. The molecule has 21 heavy (non-hydrogen) atoms. The fourth-order valence-electron chi connectivity index (χ4n) is 2.39. The number of amidine groups is 1. The minimum Gasteiger partial charge on any atom is -0.390 e. The summed E-state index contributed by atoms with van der Waals surface area (Å²) < 4.78 is 0. The van der Waals surface area contributed by atoms with Crippen LogP contribution in [0.5, 0.6) is 0 Å². The molecule has 0 bridgehead atoms. The molecule has 0 spiro atoms. The van der Waals surface area contributed by atoms with Crippen LogP contribution in [-0.2, 0) is 0 Å². The first kappa shape index (κ1) is 13.0. The lowest BCUT2D eigenvalue weighted by Crippen LogP contribution is -2.16. The first-order valence-electron chi connectivity index (χ1n) is 6.54. The number of nitrogens with zero attached hydrogens (tertiary/aromatic N) is 2. The minimum absolute atomic E-state index is 0.261. The third-order valence-corrected chi connectivity index (χ3v) is 3.35.